The Morgan fingerprint density at radius 2 is 2.10 bits per heavy atom. The second-order valence-corrected chi connectivity index (χ2v) is 5.17. The normalized spacial score (nSPS) is 22.6. The van der Waals surface area contributed by atoms with Gasteiger partial charge in [-0.2, -0.15) is 24.7 Å². The van der Waals surface area contributed by atoms with E-state index in [0.29, 0.717) is 23.9 Å². The van der Waals surface area contributed by atoms with E-state index in [1.807, 2.05) is 0 Å². The van der Waals surface area contributed by atoms with Crippen LogP contribution in [0.15, 0.2) is 12.7 Å². The largest absolute Gasteiger partial charge is 0.368 e. The number of nitrogens with two attached hydrogens (primary N) is 1. The molecular formula is C12H18N8. The lowest BCUT2D eigenvalue weighted by Gasteiger charge is -2.29. The Balaban J connectivity index is 1.82. The standard InChI is InChI=1S/C12H18N8/c1-8-4-2-3-5-9(8)16-11-17-10(13)18-12(19-11)20-7-14-6-15-20/h6-9H,2-5H2,1H3,(H3,13,16,17,18,19). The van der Waals surface area contributed by atoms with Crippen molar-refractivity contribution in [3.8, 4) is 5.95 Å². The van der Waals surface area contributed by atoms with Gasteiger partial charge in [-0.3, -0.25) is 0 Å². The number of anilines is 2. The molecule has 106 valence electrons. The van der Waals surface area contributed by atoms with Crippen molar-refractivity contribution in [2.45, 2.75) is 38.6 Å². The van der Waals surface area contributed by atoms with Crippen LogP contribution in [-0.4, -0.2) is 35.8 Å². The molecule has 3 rings (SSSR count). The molecule has 1 fully saturated rings. The molecule has 2 aromatic heterocycles. The quantitative estimate of drug-likeness (QED) is 0.860. The van der Waals surface area contributed by atoms with E-state index < -0.39 is 0 Å². The Hall–Kier alpha value is -2.25. The highest BCUT2D eigenvalue weighted by Gasteiger charge is 2.22. The van der Waals surface area contributed by atoms with Crippen LogP contribution in [-0.2, 0) is 0 Å². The monoisotopic (exact) mass is 274 g/mol. The van der Waals surface area contributed by atoms with Crippen LogP contribution in [0.5, 0.6) is 0 Å². The second-order valence-electron chi connectivity index (χ2n) is 5.17. The van der Waals surface area contributed by atoms with Gasteiger partial charge in [-0.25, -0.2) is 4.98 Å². The van der Waals surface area contributed by atoms with Crippen molar-refractivity contribution < 1.29 is 0 Å². The van der Waals surface area contributed by atoms with Crippen LogP contribution in [0.4, 0.5) is 11.9 Å². The number of hydrogen-bond acceptors (Lipinski definition) is 7. The average Bonchev–Trinajstić information content (AvgIpc) is 2.95. The van der Waals surface area contributed by atoms with Gasteiger partial charge in [0.2, 0.25) is 11.9 Å². The first-order valence-electron chi connectivity index (χ1n) is 6.85. The minimum Gasteiger partial charge on any atom is -0.368 e. The lowest BCUT2D eigenvalue weighted by Crippen LogP contribution is -2.31. The summed E-state index contributed by atoms with van der Waals surface area (Å²) in [5.41, 5.74) is 5.74. The number of nitrogen functional groups attached to an aromatic ring is 1. The Bertz CT molecular complexity index is 567. The fourth-order valence-corrected chi connectivity index (χ4v) is 2.56. The summed E-state index contributed by atoms with van der Waals surface area (Å²) in [6.07, 6.45) is 7.85. The third-order valence-electron chi connectivity index (χ3n) is 3.69. The minimum atomic E-state index is 0.177. The fourth-order valence-electron chi connectivity index (χ4n) is 2.56. The van der Waals surface area contributed by atoms with Gasteiger partial charge in [0.15, 0.2) is 0 Å². The summed E-state index contributed by atoms with van der Waals surface area (Å²) in [4.78, 5) is 16.4. The van der Waals surface area contributed by atoms with E-state index in [0.717, 1.165) is 6.42 Å². The molecular weight excluding hydrogens is 256 g/mol. The predicted molar refractivity (Wildman–Crippen MR) is 74.2 cm³/mol. The molecule has 0 spiro atoms. The third-order valence-corrected chi connectivity index (χ3v) is 3.69. The molecule has 1 aliphatic carbocycles. The molecule has 2 atom stereocenters. The molecule has 0 amide bonds. The first-order chi connectivity index (χ1) is 9.72. The Morgan fingerprint density at radius 1 is 1.25 bits per heavy atom. The summed E-state index contributed by atoms with van der Waals surface area (Å²) in [6.45, 7) is 2.25. The summed E-state index contributed by atoms with van der Waals surface area (Å²) in [6, 6.07) is 0.383. The molecule has 0 radical (unpaired) electrons. The van der Waals surface area contributed by atoms with Gasteiger partial charge in [0.05, 0.1) is 0 Å². The van der Waals surface area contributed by atoms with Crippen molar-refractivity contribution in [3.63, 3.8) is 0 Å². The number of nitrogens with one attached hydrogen (secondary N) is 1. The van der Waals surface area contributed by atoms with Crippen LogP contribution in [0.25, 0.3) is 5.95 Å². The summed E-state index contributed by atoms with van der Waals surface area (Å²) in [7, 11) is 0. The maximum Gasteiger partial charge on any atom is 0.258 e. The van der Waals surface area contributed by atoms with Gasteiger partial charge in [-0.1, -0.05) is 19.8 Å². The number of nitrogens with zero attached hydrogens (tertiary/aromatic N) is 6. The van der Waals surface area contributed by atoms with E-state index in [1.54, 1.807) is 0 Å². The fraction of sp³-hybridized carbons (Fsp3) is 0.583. The van der Waals surface area contributed by atoms with Gasteiger partial charge in [-0.15, -0.1) is 0 Å². The molecule has 3 N–H and O–H groups in total. The Kier molecular flexibility index (Phi) is 3.44. The van der Waals surface area contributed by atoms with Crippen molar-refractivity contribution >= 4 is 11.9 Å². The van der Waals surface area contributed by atoms with Crippen LogP contribution >= 0.6 is 0 Å². The highest BCUT2D eigenvalue weighted by atomic mass is 15.4. The smallest absolute Gasteiger partial charge is 0.258 e. The molecule has 20 heavy (non-hydrogen) atoms. The van der Waals surface area contributed by atoms with Crippen molar-refractivity contribution in [2.75, 3.05) is 11.1 Å². The number of aromatic nitrogens is 6. The third kappa shape index (κ3) is 2.68. The molecule has 1 aliphatic rings. The van der Waals surface area contributed by atoms with Crippen molar-refractivity contribution in [1.82, 2.24) is 29.7 Å². The SMILES string of the molecule is CC1CCCCC1Nc1nc(N)nc(-n2cncn2)n1. The molecule has 0 aromatic carbocycles. The van der Waals surface area contributed by atoms with Crippen molar-refractivity contribution in [1.29, 1.82) is 0 Å². The molecule has 8 nitrogen and oxygen atoms in total. The van der Waals surface area contributed by atoms with E-state index in [2.05, 4.69) is 37.3 Å². The molecule has 2 aromatic rings. The molecule has 0 saturated heterocycles. The molecule has 8 heteroatoms. The molecule has 2 unspecified atom stereocenters. The van der Waals surface area contributed by atoms with E-state index in [4.69, 9.17) is 5.73 Å². The highest BCUT2D eigenvalue weighted by Crippen LogP contribution is 2.26. The summed E-state index contributed by atoms with van der Waals surface area (Å²) in [5.74, 6) is 1.66. The molecule has 1 saturated carbocycles. The first kappa shape index (κ1) is 12.8. The average molecular weight is 274 g/mol. The molecule has 0 aliphatic heterocycles. The maximum atomic E-state index is 5.74. The number of rotatable bonds is 3. The maximum absolute atomic E-state index is 5.74. The first-order valence-corrected chi connectivity index (χ1v) is 6.85. The van der Waals surface area contributed by atoms with E-state index in [9.17, 15) is 0 Å². The second kappa shape index (κ2) is 5.40. The lowest BCUT2D eigenvalue weighted by molar-refractivity contribution is 0.348. The number of hydrogen-bond donors (Lipinski definition) is 2. The topological polar surface area (TPSA) is 107 Å². The lowest BCUT2D eigenvalue weighted by atomic mass is 9.86. The van der Waals surface area contributed by atoms with Crippen LogP contribution in [0.1, 0.15) is 32.6 Å². The zero-order valence-corrected chi connectivity index (χ0v) is 11.4. The van der Waals surface area contributed by atoms with Gasteiger partial charge in [0.25, 0.3) is 5.95 Å². The van der Waals surface area contributed by atoms with Crippen LogP contribution < -0.4 is 11.1 Å². The van der Waals surface area contributed by atoms with Gasteiger partial charge in [-0.05, 0) is 18.8 Å². The summed E-state index contributed by atoms with van der Waals surface area (Å²) < 4.78 is 1.47. The predicted octanol–water partition coefficient (Wildman–Crippen LogP) is 1.03. The minimum absolute atomic E-state index is 0.177. The van der Waals surface area contributed by atoms with Crippen LogP contribution in [0.3, 0.4) is 0 Å². The van der Waals surface area contributed by atoms with Crippen molar-refractivity contribution in [2.24, 2.45) is 5.92 Å². The molecule has 0 bridgehead atoms. The summed E-state index contributed by atoms with van der Waals surface area (Å²) in [5, 5.41) is 7.37. The summed E-state index contributed by atoms with van der Waals surface area (Å²) >= 11 is 0. The zero-order chi connectivity index (χ0) is 13.9. The molecule has 2 heterocycles. The van der Waals surface area contributed by atoms with Crippen LogP contribution in [0.2, 0.25) is 0 Å². The van der Waals surface area contributed by atoms with Gasteiger partial charge in [0, 0.05) is 6.04 Å². The zero-order valence-electron chi connectivity index (χ0n) is 11.4. The van der Waals surface area contributed by atoms with E-state index in [-0.39, 0.29) is 5.95 Å². The van der Waals surface area contributed by atoms with Crippen LogP contribution in [0, 0.1) is 5.92 Å². The van der Waals surface area contributed by atoms with Gasteiger partial charge in [0.1, 0.15) is 12.7 Å². The van der Waals surface area contributed by atoms with Gasteiger partial charge < -0.3 is 11.1 Å². The van der Waals surface area contributed by atoms with Gasteiger partial charge >= 0.3 is 0 Å². The van der Waals surface area contributed by atoms with E-state index in [1.165, 1.54) is 36.6 Å². The Labute approximate surface area is 116 Å². The Morgan fingerprint density at radius 3 is 2.85 bits per heavy atom. The van der Waals surface area contributed by atoms with E-state index >= 15 is 0 Å². The van der Waals surface area contributed by atoms with Crippen molar-refractivity contribution in [3.05, 3.63) is 12.7 Å². The highest BCUT2D eigenvalue weighted by molar-refractivity contribution is 5.35.